The van der Waals surface area contributed by atoms with Crippen LogP contribution in [-0.2, 0) is 10.0 Å². The number of rotatable bonds is 7. The van der Waals surface area contributed by atoms with Crippen LogP contribution in [0.25, 0.3) is 0 Å². The van der Waals surface area contributed by atoms with Gasteiger partial charge < -0.3 is 10.6 Å². The molecule has 2 atom stereocenters. The van der Waals surface area contributed by atoms with Crippen molar-refractivity contribution in [3.05, 3.63) is 46.5 Å². The first kappa shape index (κ1) is 20.8. The molecule has 1 saturated carbocycles. The first-order chi connectivity index (χ1) is 14.2. The number of nitrogens with one attached hydrogen (secondary N) is 3. The molecule has 2 unspecified atom stereocenters. The Balaban J connectivity index is 1.77. The van der Waals surface area contributed by atoms with E-state index >= 15 is 0 Å². The third-order valence-corrected chi connectivity index (χ3v) is 5.88. The third kappa shape index (κ3) is 4.49. The van der Waals surface area contributed by atoms with E-state index < -0.39 is 21.9 Å². The average molecular weight is 453 g/mol. The fraction of sp³-hybridized carbons (Fsp3) is 0.421. The fourth-order valence-electron chi connectivity index (χ4n) is 3.45. The van der Waals surface area contributed by atoms with E-state index in [1.165, 1.54) is 6.07 Å². The van der Waals surface area contributed by atoms with Crippen molar-refractivity contribution in [3.63, 3.8) is 0 Å². The van der Waals surface area contributed by atoms with E-state index in [9.17, 15) is 12.8 Å². The number of aromatic nitrogens is 2. The summed E-state index contributed by atoms with van der Waals surface area (Å²) < 4.78 is 40.0. The van der Waals surface area contributed by atoms with Crippen LogP contribution in [0.15, 0.2) is 29.4 Å². The predicted octanol–water partition coefficient (Wildman–Crippen LogP) is 3.27. The van der Waals surface area contributed by atoms with E-state index in [1.807, 2.05) is 6.92 Å². The number of nitrogens with zero attached hydrogens (tertiary/aromatic N) is 3. The molecule has 1 aromatic heterocycles. The van der Waals surface area contributed by atoms with Gasteiger partial charge in [0.1, 0.15) is 17.7 Å². The van der Waals surface area contributed by atoms with E-state index in [0.29, 0.717) is 29.7 Å². The maximum Gasteiger partial charge on any atom is 0.229 e. The molecular formula is C19H22ClFN6O2S. The molecule has 30 heavy (non-hydrogen) atoms. The molecule has 1 aromatic carbocycles. The van der Waals surface area contributed by atoms with Crippen LogP contribution >= 0.6 is 11.6 Å². The van der Waals surface area contributed by atoms with E-state index in [4.69, 9.17) is 16.6 Å². The Hall–Kier alpha value is -2.46. The van der Waals surface area contributed by atoms with Crippen LogP contribution in [0.3, 0.4) is 0 Å². The van der Waals surface area contributed by atoms with E-state index in [0.717, 1.165) is 31.0 Å². The Bertz CT molecular complexity index is 1110. The van der Waals surface area contributed by atoms with Gasteiger partial charge in [-0.3, -0.25) is 9.71 Å². The molecule has 160 valence electrons. The van der Waals surface area contributed by atoms with Crippen LogP contribution in [0.4, 0.5) is 16.0 Å². The summed E-state index contributed by atoms with van der Waals surface area (Å²) in [5, 5.41) is 6.60. The Morgan fingerprint density at radius 3 is 2.77 bits per heavy atom. The summed E-state index contributed by atoms with van der Waals surface area (Å²) >= 11 is 6.51. The highest BCUT2D eigenvalue weighted by Gasteiger charge is 2.40. The summed E-state index contributed by atoms with van der Waals surface area (Å²) in [5.74, 6) is 1.06. The molecule has 0 radical (unpaired) electrons. The zero-order valence-corrected chi connectivity index (χ0v) is 18.1. The van der Waals surface area contributed by atoms with Gasteiger partial charge in [0.15, 0.2) is 0 Å². The zero-order chi connectivity index (χ0) is 21.5. The van der Waals surface area contributed by atoms with Crippen molar-refractivity contribution < 1.29 is 12.8 Å². The van der Waals surface area contributed by atoms with Gasteiger partial charge in [-0.05, 0) is 38.0 Å². The Kier molecular flexibility index (Phi) is 5.54. The van der Waals surface area contributed by atoms with Crippen molar-refractivity contribution in [2.75, 3.05) is 22.8 Å². The number of amidine groups is 1. The molecular weight excluding hydrogens is 431 g/mol. The van der Waals surface area contributed by atoms with Crippen molar-refractivity contribution in [1.29, 1.82) is 0 Å². The molecule has 11 heteroatoms. The van der Waals surface area contributed by atoms with Gasteiger partial charge in [0.25, 0.3) is 0 Å². The number of benzene rings is 1. The Morgan fingerprint density at radius 1 is 1.33 bits per heavy atom. The lowest BCUT2D eigenvalue weighted by Crippen LogP contribution is -2.26. The van der Waals surface area contributed by atoms with Gasteiger partial charge >= 0.3 is 0 Å². The number of hydrogen-bond acceptors (Lipinski definition) is 7. The van der Waals surface area contributed by atoms with E-state index in [2.05, 4.69) is 25.3 Å². The molecule has 3 N–H and O–H groups in total. The van der Waals surface area contributed by atoms with Gasteiger partial charge in [-0.2, -0.15) is 0 Å². The molecule has 4 rings (SSSR count). The molecule has 1 fully saturated rings. The quantitative estimate of drug-likeness (QED) is 0.595. The SMILES string of the molecule is CCNc1nccc(C2NC(C3CC3)=NC2c2cc(F)cc(NS(C)(=O)=O)c2Cl)n1. The number of sulfonamides is 1. The lowest BCUT2D eigenvalue weighted by molar-refractivity contribution is 0.550. The summed E-state index contributed by atoms with van der Waals surface area (Å²) in [7, 11) is -3.63. The number of aliphatic imine (C=N–C) groups is 1. The summed E-state index contributed by atoms with van der Waals surface area (Å²) in [6.07, 6.45) is 4.71. The largest absolute Gasteiger partial charge is 0.363 e. The molecule has 0 spiro atoms. The molecule has 0 amide bonds. The zero-order valence-electron chi connectivity index (χ0n) is 16.5. The molecule has 0 bridgehead atoms. The van der Waals surface area contributed by atoms with Crippen LogP contribution in [0.1, 0.15) is 43.1 Å². The first-order valence-corrected chi connectivity index (χ1v) is 11.9. The average Bonchev–Trinajstić information content (AvgIpc) is 3.43. The maximum atomic E-state index is 14.4. The van der Waals surface area contributed by atoms with Crippen molar-refractivity contribution in [2.24, 2.45) is 10.9 Å². The highest BCUT2D eigenvalue weighted by molar-refractivity contribution is 7.92. The standard InChI is InChI=1S/C19H22ClFN6O2S/c1-3-22-19-23-7-6-13(24-19)17-16(25-18(26-17)10-4-5-10)12-8-11(21)9-14(15(12)20)27-30(2,28)29/h6-10,16-17,27H,3-5H2,1-2H3,(H,25,26)(H,22,23,24). The summed E-state index contributed by atoms with van der Waals surface area (Å²) in [5.41, 5.74) is 1.06. The summed E-state index contributed by atoms with van der Waals surface area (Å²) in [4.78, 5) is 13.6. The topological polar surface area (TPSA) is 108 Å². The van der Waals surface area contributed by atoms with Crippen molar-refractivity contribution in [1.82, 2.24) is 15.3 Å². The van der Waals surface area contributed by atoms with E-state index in [-0.39, 0.29) is 16.8 Å². The van der Waals surface area contributed by atoms with Gasteiger partial charge in [-0.15, -0.1) is 0 Å². The monoisotopic (exact) mass is 452 g/mol. The number of halogens is 2. The van der Waals surface area contributed by atoms with Crippen molar-refractivity contribution in [2.45, 2.75) is 31.8 Å². The van der Waals surface area contributed by atoms with Crippen LogP contribution in [0.2, 0.25) is 5.02 Å². The van der Waals surface area contributed by atoms with Gasteiger partial charge in [0, 0.05) is 24.2 Å². The number of anilines is 2. The molecule has 2 heterocycles. The first-order valence-electron chi connectivity index (χ1n) is 9.63. The van der Waals surface area contributed by atoms with Gasteiger partial charge in [0.05, 0.1) is 28.7 Å². The predicted molar refractivity (Wildman–Crippen MR) is 115 cm³/mol. The lowest BCUT2D eigenvalue weighted by Gasteiger charge is -2.21. The maximum absolute atomic E-state index is 14.4. The molecule has 1 aliphatic heterocycles. The van der Waals surface area contributed by atoms with Crippen molar-refractivity contribution >= 4 is 39.1 Å². The van der Waals surface area contributed by atoms with Gasteiger partial charge in [-0.1, -0.05) is 11.6 Å². The summed E-state index contributed by atoms with van der Waals surface area (Å²) in [6.45, 7) is 2.62. The second-order valence-corrected chi connectivity index (χ2v) is 9.55. The second kappa shape index (κ2) is 7.99. The van der Waals surface area contributed by atoms with E-state index in [1.54, 1.807) is 12.3 Å². The lowest BCUT2D eigenvalue weighted by atomic mass is 9.97. The van der Waals surface area contributed by atoms with Crippen molar-refractivity contribution in [3.8, 4) is 0 Å². The van der Waals surface area contributed by atoms with Crippen LogP contribution in [-0.4, -0.2) is 37.0 Å². The fourth-order valence-corrected chi connectivity index (χ4v) is 4.34. The molecule has 0 saturated heterocycles. The van der Waals surface area contributed by atoms with Crippen LogP contribution < -0.4 is 15.4 Å². The minimum Gasteiger partial charge on any atom is -0.363 e. The van der Waals surface area contributed by atoms with Crippen LogP contribution in [0.5, 0.6) is 0 Å². The Labute approximate surface area is 179 Å². The molecule has 1 aliphatic carbocycles. The highest BCUT2D eigenvalue weighted by Crippen LogP contribution is 2.44. The second-order valence-electron chi connectivity index (χ2n) is 7.42. The van der Waals surface area contributed by atoms with Crippen LogP contribution in [0, 0.1) is 11.7 Å². The smallest absolute Gasteiger partial charge is 0.229 e. The van der Waals surface area contributed by atoms with Gasteiger partial charge in [0.2, 0.25) is 16.0 Å². The molecule has 2 aromatic rings. The molecule has 8 nitrogen and oxygen atoms in total. The highest BCUT2D eigenvalue weighted by atomic mass is 35.5. The number of hydrogen-bond donors (Lipinski definition) is 3. The minimum absolute atomic E-state index is 0.0148. The van der Waals surface area contributed by atoms with Gasteiger partial charge in [-0.25, -0.2) is 22.8 Å². The minimum atomic E-state index is -3.63. The molecule has 2 aliphatic rings. The summed E-state index contributed by atoms with van der Waals surface area (Å²) in [6, 6.07) is 3.18. The normalized spacial score (nSPS) is 21.1. The Morgan fingerprint density at radius 2 is 2.10 bits per heavy atom. The third-order valence-electron chi connectivity index (χ3n) is 4.87.